The Morgan fingerprint density at radius 2 is 1.61 bits per heavy atom. The lowest BCUT2D eigenvalue weighted by atomic mass is 9.54. The molecule has 0 saturated heterocycles. The summed E-state index contributed by atoms with van der Waals surface area (Å²) in [5.41, 5.74) is 0.974. The molecular weight excluding hydrogens is 412 g/mol. The summed E-state index contributed by atoms with van der Waals surface area (Å²) < 4.78 is 11.6. The molecule has 0 amide bonds. The third-order valence-electron chi connectivity index (χ3n) is 7.42. The van der Waals surface area contributed by atoms with Crippen LogP contribution >= 0.6 is 11.6 Å². The predicted octanol–water partition coefficient (Wildman–Crippen LogP) is 6.24. The van der Waals surface area contributed by atoms with Crippen molar-refractivity contribution in [1.29, 1.82) is 0 Å². The molecule has 5 heteroatoms. The molecule has 3 aromatic rings. The van der Waals surface area contributed by atoms with Crippen molar-refractivity contribution < 1.29 is 13.9 Å². The van der Waals surface area contributed by atoms with Crippen LogP contribution in [0.25, 0.3) is 22.1 Å². The molecule has 4 aliphatic carbocycles. The van der Waals surface area contributed by atoms with Crippen LogP contribution in [-0.4, -0.2) is 11.6 Å². The third-order valence-corrected chi connectivity index (χ3v) is 7.75. The fourth-order valence-corrected chi connectivity index (χ4v) is 6.74. The van der Waals surface area contributed by atoms with Gasteiger partial charge in [0.25, 0.3) is 0 Å². The Labute approximate surface area is 185 Å². The van der Waals surface area contributed by atoms with Crippen molar-refractivity contribution in [3.63, 3.8) is 0 Å². The monoisotopic (exact) mass is 434 g/mol. The first kappa shape index (κ1) is 19.1. The molecule has 4 nitrogen and oxygen atoms in total. The van der Waals surface area contributed by atoms with E-state index in [1.54, 1.807) is 30.3 Å². The Morgan fingerprint density at radius 3 is 2.32 bits per heavy atom. The number of benzene rings is 2. The van der Waals surface area contributed by atoms with Crippen LogP contribution in [0.5, 0.6) is 0 Å². The van der Waals surface area contributed by atoms with E-state index < -0.39 is 5.63 Å². The van der Waals surface area contributed by atoms with Gasteiger partial charge in [-0.25, -0.2) is 9.59 Å². The second kappa shape index (κ2) is 6.96. The lowest BCUT2D eigenvalue weighted by Crippen LogP contribution is -2.52. The van der Waals surface area contributed by atoms with Gasteiger partial charge in [-0.15, -0.1) is 0 Å². The molecule has 4 saturated carbocycles. The minimum absolute atomic E-state index is 0.312. The zero-order chi connectivity index (χ0) is 21.2. The van der Waals surface area contributed by atoms with Gasteiger partial charge >= 0.3 is 11.6 Å². The number of hydrogen-bond donors (Lipinski definition) is 0. The maximum absolute atomic E-state index is 13.2. The summed E-state index contributed by atoms with van der Waals surface area (Å²) in [6.07, 6.45) is 6.83. The highest BCUT2D eigenvalue weighted by molar-refractivity contribution is 6.33. The molecule has 4 fully saturated rings. The molecule has 158 valence electrons. The first-order valence-electron chi connectivity index (χ1n) is 11.0. The lowest BCUT2D eigenvalue weighted by Gasteiger charge is -2.55. The van der Waals surface area contributed by atoms with E-state index in [0.29, 0.717) is 45.0 Å². The average Bonchev–Trinajstić information content (AvgIpc) is 2.72. The summed E-state index contributed by atoms with van der Waals surface area (Å²) in [6.45, 7) is 0. The second-order valence-corrected chi connectivity index (χ2v) is 10.1. The maximum atomic E-state index is 13.2. The molecular formula is C26H23ClO4. The molecule has 7 rings (SSSR count). The van der Waals surface area contributed by atoms with Crippen molar-refractivity contribution in [3.8, 4) is 11.1 Å². The van der Waals surface area contributed by atoms with Crippen molar-refractivity contribution in [2.24, 2.45) is 17.8 Å². The van der Waals surface area contributed by atoms with E-state index in [1.807, 2.05) is 18.2 Å². The first-order chi connectivity index (χ1) is 15.0. The van der Waals surface area contributed by atoms with Gasteiger partial charge in [0.1, 0.15) is 11.2 Å². The molecule has 4 aliphatic rings. The van der Waals surface area contributed by atoms with Crippen LogP contribution in [0, 0.1) is 17.8 Å². The molecule has 0 atom stereocenters. The van der Waals surface area contributed by atoms with E-state index in [9.17, 15) is 9.59 Å². The van der Waals surface area contributed by atoms with Gasteiger partial charge in [0, 0.05) is 16.0 Å². The van der Waals surface area contributed by atoms with Crippen LogP contribution < -0.4 is 5.63 Å². The molecule has 0 aliphatic heterocycles. The minimum Gasteiger partial charge on any atom is -0.455 e. The van der Waals surface area contributed by atoms with Crippen LogP contribution in [0.15, 0.2) is 57.7 Å². The quantitative estimate of drug-likeness (QED) is 0.361. The van der Waals surface area contributed by atoms with E-state index >= 15 is 0 Å². The highest BCUT2D eigenvalue weighted by Crippen LogP contribution is 2.57. The van der Waals surface area contributed by atoms with Gasteiger partial charge in [0.2, 0.25) is 0 Å². The molecule has 31 heavy (non-hydrogen) atoms. The Kier molecular flexibility index (Phi) is 4.29. The number of rotatable bonds is 3. The topological polar surface area (TPSA) is 56.5 Å². The van der Waals surface area contributed by atoms with Gasteiger partial charge in [-0.2, -0.15) is 0 Å². The second-order valence-electron chi connectivity index (χ2n) is 9.67. The summed E-state index contributed by atoms with van der Waals surface area (Å²) >= 11 is 6.43. The first-order valence-corrected chi connectivity index (χ1v) is 11.4. The van der Waals surface area contributed by atoms with Crippen LogP contribution in [0.4, 0.5) is 0 Å². The van der Waals surface area contributed by atoms with Crippen molar-refractivity contribution in [2.45, 2.75) is 44.1 Å². The highest BCUT2D eigenvalue weighted by atomic mass is 35.5. The molecule has 2 aromatic carbocycles. The van der Waals surface area contributed by atoms with Crippen LogP contribution in [0.1, 0.15) is 48.9 Å². The Morgan fingerprint density at radius 1 is 0.935 bits per heavy atom. The highest BCUT2D eigenvalue weighted by Gasteiger charge is 2.53. The lowest BCUT2D eigenvalue weighted by molar-refractivity contribution is -0.131. The van der Waals surface area contributed by atoms with E-state index in [4.69, 9.17) is 20.8 Å². The number of ether oxygens (including phenoxy) is 1. The number of esters is 1. The van der Waals surface area contributed by atoms with Gasteiger partial charge in [-0.1, -0.05) is 29.8 Å². The molecule has 0 radical (unpaired) electrons. The summed E-state index contributed by atoms with van der Waals surface area (Å²) in [5, 5.41) is 1.20. The van der Waals surface area contributed by atoms with Crippen molar-refractivity contribution in [1.82, 2.24) is 0 Å². The van der Waals surface area contributed by atoms with E-state index in [0.717, 1.165) is 24.6 Å². The van der Waals surface area contributed by atoms with Crippen molar-refractivity contribution in [2.75, 3.05) is 0 Å². The normalized spacial score (nSPS) is 28.7. The van der Waals surface area contributed by atoms with Crippen molar-refractivity contribution >= 4 is 28.5 Å². The standard InChI is InChI=1S/C26H23ClO4/c27-22-6-5-19(11-20(22)21-10-18-3-1-2-4-23(18)30-25(21)29)24(28)31-26-12-15-7-16(13-26)9-17(8-15)14-26/h1-6,10-11,15-17H,7-9,12-14H2. The fraction of sp³-hybridized carbons (Fsp3) is 0.385. The van der Waals surface area contributed by atoms with Gasteiger partial charge in [0.05, 0.1) is 11.1 Å². The smallest absolute Gasteiger partial charge is 0.344 e. The molecule has 0 unspecified atom stereocenters. The number of carbonyl (C=O) groups excluding carboxylic acids is 1. The SMILES string of the molecule is O=C(OC12CC3CC(CC(C3)C1)C2)c1ccc(Cl)c(-c2cc3ccccc3oc2=O)c1. The molecule has 1 heterocycles. The number of halogens is 1. The largest absolute Gasteiger partial charge is 0.455 e. The number of carbonyl (C=O) groups is 1. The number of para-hydroxylation sites is 1. The average molecular weight is 435 g/mol. The van der Waals surface area contributed by atoms with Gasteiger partial charge in [-0.3, -0.25) is 0 Å². The van der Waals surface area contributed by atoms with Crippen LogP contribution in [0.3, 0.4) is 0 Å². The third kappa shape index (κ3) is 3.28. The number of hydrogen-bond acceptors (Lipinski definition) is 4. The summed E-state index contributed by atoms with van der Waals surface area (Å²) in [7, 11) is 0. The van der Waals surface area contributed by atoms with Crippen LogP contribution in [0.2, 0.25) is 5.02 Å². The predicted molar refractivity (Wildman–Crippen MR) is 119 cm³/mol. The Balaban J connectivity index is 1.34. The maximum Gasteiger partial charge on any atom is 0.344 e. The van der Waals surface area contributed by atoms with Crippen molar-refractivity contribution in [3.05, 3.63) is 69.5 Å². The summed E-state index contributed by atoms with van der Waals surface area (Å²) in [4.78, 5) is 25.8. The molecule has 0 N–H and O–H groups in total. The molecule has 0 spiro atoms. The van der Waals surface area contributed by atoms with Gasteiger partial charge < -0.3 is 9.15 Å². The van der Waals surface area contributed by atoms with E-state index in [1.165, 1.54) is 19.3 Å². The Hall–Kier alpha value is -2.59. The van der Waals surface area contributed by atoms with Gasteiger partial charge in [-0.05, 0) is 86.6 Å². The molecule has 1 aromatic heterocycles. The summed E-state index contributed by atoms with van der Waals surface area (Å²) in [6, 6.07) is 14.1. The minimum atomic E-state index is -0.479. The zero-order valence-electron chi connectivity index (χ0n) is 17.1. The number of fused-ring (bicyclic) bond motifs is 1. The van der Waals surface area contributed by atoms with E-state index in [2.05, 4.69) is 0 Å². The Bertz CT molecular complexity index is 1220. The van der Waals surface area contributed by atoms with Gasteiger partial charge in [0.15, 0.2) is 0 Å². The summed E-state index contributed by atoms with van der Waals surface area (Å²) in [5.74, 6) is 1.76. The van der Waals surface area contributed by atoms with E-state index in [-0.39, 0.29) is 11.6 Å². The zero-order valence-corrected chi connectivity index (χ0v) is 17.9. The van der Waals surface area contributed by atoms with Crippen LogP contribution in [-0.2, 0) is 4.74 Å². The molecule has 4 bridgehead atoms. The fourth-order valence-electron chi connectivity index (χ4n) is 6.52.